The Morgan fingerprint density at radius 3 is 2.76 bits per heavy atom. The molecular weight excluding hydrogens is 384 g/mol. The Kier molecular flexibility index (Phi) is 7.19. The largest absolute Gasteiger partial charge is 0.497 e. The van der Waals surface area contributed by atoms with E-state index in [1.54, 1.807) is 26.6 Å². The first-order chi connectivity index (χ1) is 14.2. The SMILES string of the molecule is CCCCC(C)=Nn1c(-c2cc(OC)ccc2OC)csc1=Nc1cccnc1. The molecule has 0 amide bonds. The van der Waals surface area contributed by atoms with Gasteiger partial charge in [0.1, 0.15) is 11.5 Å². The fourth-order valence-electron chi connectivity index (χ4n) is 2.86. The van der Waals surface area contributed by atoms with Crippen LogP contribution in [0.3, 0.4) is 0 Å². The minimum absolute atomic E-state index is 0.756. The van der Waals surface area contributed by atoms with Crippen LogP contribution in [0.2, 0.25) is 0 Å². The first-order valence-corrected chi connectivity index (χ1v) is 10.5. The van der Waals surface area contributed by atoms with E-state index in [1.165, 1.54) is 11.3 Å². The molecule has 0 aliphatic heterocycles. The van der Waals surface area contributed by atoms with Crippen molar-refractivity contribution in [2.24, 2.45) is 10.1 Å². The maximum Gasteiger partial charge on any atom is 0.211 e. The van der Waals surface area contributed by atoms with Gasteiger partial charge in [0.05, 0.1) is 31.8 Å². The summed E-state index contributed by atoms with van der Waals surface area (Å²) in [5.41, 5.74) is 3.65. The van der Waals surface area contributed by atoms with Gasteiger partial charge in [-0.15, -0.1) is 11.3 Å². The highest BCUT2D eigenvalue weighted by molar-refractivity contribution is 7.07. The number of benzene rings is 1. The predicted molar refractivity (Wildman–Crippen MR) is 118 cm³/mol. The molecule has 0 atom stereocenters. The van der Waals surface area contributed by atoms with Crippen LogP contribution in [0.15, 0.2) is 58.2 Å². The summed E-state index contributed by atoms with van der Waals surface area (Å²) in [6.07, 6.45) is 6.66. The Balaban J connectivity index is 2.19. The molecule has 152 valence electrons. The lowest BCUT2D eigenvalue weighted by Crippen LogP contribution is -2.13. The summed E-state index contributed by atoms with van der Waals surface area (Å²) < 4.78 is 12.9. The summed E-state index contributed by atoms with van der Waals surface area (Å²) in [7, 11) is 3.32. The summed E-state index contributed by atoms with van der Waals surface area (Å²) in [5.74, 6) is 1.52. The van der Waals surface area contributed by atoms with Gasteiger partial charge in [0.15, 0.2) is 0 Å². The smallest absolute Gasteiger partial charge is 0.211 e. The molecule has 0 aliphatic carbocycles. The number of pyridine rings is 1. The maximum absolute atomic E-state index is 5.60. The molecule has 0 bridgehead atoms. The van der Waals surface area contributed by atoms with Crippen molar-refractivity contribution in [1.29, 1.82) is 0 Å². The third-order valence-electron chi connectivity index (χ3n) is 4.40. The molecule has 7 heteroatoms. The summed E-state index contributed by atoms with van der Waals surface area (Å²) in [4.78, 5) is 9.69. The van der Waals surface area contributed by atoms with E-state index < -0.39 is 0 Å². The van der Waals surface area contributed by atoms with Crippen LogP contribution in [-0.4, -0.2) is 29.6 Å². The third-order valence-corrected chi connectivity index (χ3v) is 5.22. The minimum atomic E-state index is 0.756. The predicted octanol–water partition coefficient (Wildman–Crippen LogP) is 5.28. The van der Waals surface area contributed by atoms with Crippen molar-refractivity contribution in [1.82, 2.24) is 9.66 Å². The first-order valence-electron chi connectivity index (χ1n) is 9.58. The van der Waals surface area contributed by atoms with Gasteiger partial charge in [-0.1, -0.05) is 13.3 Å². The molecule has 6 nitrogen and oxygen atoms in total. The molecular formula is C22H26N4O2S. The Bertz CT molecular complexity index is 1040. The fourth-order valence-corrected chi connectivity index (χ4v) is 3.70. The quantitative estimate of drug-likeness (QED) is 0.475. The van der Waals surface area contributed by atoms with Crippen molar-refractivity contribution >= 4 is 22.7 Å². The van der Waals surface area contributed by atoms with Gasteiger partial charge >= 0.3 is 0 Å². The monoisotopic (exact) mass is 410 g/mol. The standard InChI is InChI=1S/C22H26N4O2S/c1-5-6-8-16(2)25-26-20(19-13-18(27-3)10-11-21(19)28-4)15-29-22(26)24-17-9-7-12-23-14-17/h7,9-15H,5-6,8H2,1-4H3. The number of unbranched alkanes of at least 4 members (excludes halogenated alkanes) is 1. The van der Waals surface area contributed by atoms with E-state index in [2.05, 4.69) is 18.8 Å². The van der Waals surface area contributed by atoms with E-state index in [0.717, 1.165) is 58.2 Å². The van der Waals surface area contributed by atoms with Crippen molar-refractivity contribution in [3.05, 3.63) is 52.9 Å². The first kappa shape index (κ1) is 20.8. The summed E-state index contributed by atoms with van der Waals surface area (Å²) in [6.45, 7) is 4.24. The Labute approximate surface area is 175 Å². The number of rotatable bonds is 8. The molecule has 0 fully saturated rings. The Morgan fingerprint density at radius 1 is 1.21 bits per heavy atom. The molecule has 0 saturated heterocycles. The van der Waals surface area contributed by atoms with Crippen LogP contribution in [-0.2, 0) is 0 Å². The van der Waals surface area contributed by atoms with Crippen LogP contribution in [0.5, 0.6) is 11.5 Å². The zero-order valence-electron chi connectivity index (χ0n) is 17.3. The van der Waals surface area contributed by atoms with Gasteiger partial charge in [-0.25, -0.2) is 9.67 Å². The van der Waals surface area contributed by atoms with E-state index in [0.29, 0.717) is 0 Å². The van der Waals surface area contributed by atoms with E-state index in [-0.39, 0.29) is 0 Å². The Morgan fingerprint density at radius 2 is 2.07 bits per heavy atom. The molecule has 0 unspecified atom stereocenters. The normalized spacial score (nSPS) is 12.3. The lowest BCUT2D eigenvalue weighted by Gasteiger charge is -2.11. The van der Waals surface area contributed by atoms with E-state index in [4.69, 9.17) is 19.6 Å². The number of hydrogen-bond donors (Lipinski definition) is 0. The highest BCUT2D eigenvalue weighted by Crippen LogP contribution is 2.34. The summed E-state index contributed by atoms with van der Waals surface area (Å²) >= 11 is 1.53. The molecule has 0 saturated carbocycles. The van der Waals surface area contributed by atoms with Crippen LogP contribution in [0.1, 0.15) is 33.1 Å². The maximum atomic E-state index is 5.60. The van der Waals surface area contributed by atoms with Crippen LogP contribution in [0.4, 0.5) is 5.69 Å². The van der Waals surface area contributed by atoms with Crippen LogP contribution >= 0.6 is 11.3 Å². The number of thiazole rings is 1. The van der Waals surface area contributed by atoms with Gasteiger partial charge < -0.3 is 9.47 Å². The van der Waals surface area contributed by atoms with Gasteiger partial charge in [0.25, 0.3) is 0 Å². The van der Waals surface area contributed by atoms with Crippen molar-refractivity contribution in [3.63, 3.8) is 0 Å². The van der Waals surface area contributed by atoms with E-state index >= 15 is 0 Å². The van der Waals surface area contributed by atoms with Crippen molar-refractivity contribution in [3.8, 4) is 22.8 Å². The molecule has 0 spiro atoms. The second-order valence-corrected chi connectivity index (χ2v) is 7.38. The highest BCUT2D eigenvalue weighted by atomic mass is 32.1. The molecule has 0 radical (unpaired) electrons. The average molecular weight is 411 g/mol. The van der Waals surface area contributed by atoms with E-state index in [9.17, 15) is 0 Å². The number of ether oxygens (including phenoxy) is 2. The van der Waals surface area contributed by atoms with Crippen LogP contribution in [0.25, 0.3) is 11.3 Å². The zero-order chi connectivity index (χ0) is 20.6. The average Bonchev–Trinajstić information content (AvgIpc) is 3.14. The lowest BCUT2D eigenvalue weighted by molar-refractivity contribution is 0.404. The summed E-state index contributed by atoms with van der Waals surface area (Å²) in [5, 5.41) is 6.94. The highest BCUT2D eigenvalue weighted by Gasteiger charge is 2.14. The van der Waals surface area contributed by atoms with Gasteiger partial charge in [-0.3, -0.25) is 4.98 Å². The molecule has 0 N–H and O–H groups in total. The second kappa shape index (κ2) is 10.0. The Hall–Kier alpha value is -2.93. The van der Waals surface area contributed by atoms with Crippen molar-refractivity contribution < 1.29 is 9.47 Å². The molecule has 2 aromatic heterocycles. The second-order valence-electron chi connectivity index (χ2n) is 6.54. The van der Waals surface area contributed by atoms with Gasteiger partial charge in [-0.2, -0.15) is 5.10 Å². The van der Waals surface area contributed by atoms with Crippen LogP contribution < -0.4 is 14.3 Å². The molecule has 29 heavy (non-hydrogen) atoms. The molecule has 3 rings (SSSR count). The van der Waals surface area contributed by atoms with Crippen molar-refractivity contribution in [2.45, 2.75) is 33.1 Å². The minimum Gasteiger partial charge on any atom is -0.497 e. The topological polar surface area (TPSA) is 61.0 Å². The number of nitrogens with zero attached hydrogens (tertiary/aromatic N) is 4. The number of hydrogen-bond acceptors (Lipinski definition) is 6. The summed E-state index contributed by atoms with van der Waals surface area (Å²) in [6, 6.07) is 9.55. The number of methoxy groups -OCH3 is 2. The molecule has 3 aromatic rings. The number of aromatic nitrogens is 2. The lowest BCUT2D eigenvalue weighted by atomic mass is 10.1. The molecule has 2 heterocycles. The third kappa shape index (κ3) is 5.12. The zero-order valence-corrected chi connectivity index (χ0v) is 18.1. The van der Waals surface area contributed by atoms with Gasteiger partial charge in [0, 0.05) is 22.9 Å². The van der Waals surface area contributed by atoms with Gasteiger partial charge in [-0.05, 0) is 50.1 Å². The molecule has 0 aliphatic rings. The molecule has 1 aromatic carbocycles. The van der Waals surface area contributed by atoms with Crippen LogP contribution in [0, 0.1) is 0 Å². The van der Waals surface area contributed by atoms with Crippen molar-refractivity contribution in [2.75, 3.05) is 14.2 Å². The fraction of sp³-hybridized carbons (Fsp3) is 0.318. The van der Waals surface area contributed by atoms with E-state index in [1.807, 2.05) is 40.4 Å². The van der Waals surface area contributed by atoms with Gasteiger partial charge in [0.2, 0.25) is 4.80 Å².